The molecule has 0 bridgehead atoms. The van der Waals surface area contributed by atoms with Crippen molar-refractivity contribution in [3.05, 3.63) is 0 Å². The third-order valence-corrected chi connectivity index (χ3v) is 3.45. The molecular weight excluding hydrogens is 180 g/mol. The van der Waals surface area contributed by atoms with Crippen LogP contribution in [0.4, 0.5) is 0 Å². The molecular formula is C11H16O3. The van der Waals surface area contributed by atoms with Crippen LogP contribution < -0.4 is 0 Å². The van der Waals surface area contributed by atoms with E-state index in [1.165, 1.54) is 0 Å². The number of rotatable bonds is 0. The van der Waals surface area contributed by atoms with Crippen molar-refractivity contribution in [2.45, 2.75) is 51.6 Å². The fraction of sp³-hybridized carbons (Fsp3) is 0.818. The minimum atomic E-state index is -0.751. The van der Waals surface area contributed by atoms with Crippen molar-refractivity contribution < 1.29 is 14.3 Å². The molecule has 1 unspecified atom stereocenters. The van der Waals surface area contributed by atoms with Gasteiger partial charge in [-0.15, -0.1) is 0 Å². The molecule has 0 radical (unpaired) electrons. The van der Waals surface area contributed by atoms with E-state index in [0.29, 0.717) is 12.8 Å². The van der Waals surface area contributed by atoms with Crippen LogP contribution in [0.25, 0.3) is 0 Å². The molecule has 0 aromatic carbocycles. The summed E-state index contributed by atoms with van der Waals surface area (Å²) < 4.78 is 5.25. The zero-order chi connectivity index (χ0) is 10.4. The van der Waals surface area contributed by atoms with Gasteiger partial charge >= 0.3 is 5.97 Å². The van der Waals surface area contributed by atoms with Gasteiger partial charge in [-0.1, -0.05) is 13.8 Å². The number of carbonyl (C=O) groups excluding carboxylic acids is 2. The third-order valence-electron chi connectivity index (χ3n) is 3.45. The number of ketones is 1. The fourth-order valence-electron chi connectivity index (χ4n) is 2.62. The van der Waals surface area contributed by atoms with Crippen molar-refractivity contribution >= 4 is 11.8 Å². The van der Waals surface area contributed by atoms with Gasteiger partial charge in [-0.3, -0.25) is 9.59 Å². The highest BCUT2D eigenvalue weighted by molar-refractivity contribution is 5.96. The largest absolute Gasteiger partial charge is 0.451 e. The molecule has 1 aliphatic carbocycles. The van der Waals surface area contributed by atoms with Crippen LogP contribution in [0.15, 0.2) is 0 Å². The highest BCUT2D eigenvalue weighted by atomic mass is 16.6. The predicted octanol–water partition coefficient (Wildman–Crippen LogP) is 1.84. The van der Waals surface area contributed by atoms with Crippen molar-refractivity contribution in [3.63, 3.8) is 0 Å². The average Bonchev–Trinajstić information content (AvgIpc) is 2.45. The Balaban J connectivity index is 2.28. The lowest BCUT2D eigenvalue weighted by molar-refractivity contribution is -0.166. The number of carbonyl (C=O) groups is 2. The van der Waals surface area contributed by atoms with Gasteiger partial charge in [-0.25, -0.2) is 0 Å². The Labute approximate surface area is 83.8 Å². The minimum Gasteiger partial charge on any atom is -0.451 e. The van der Waals surface area contributed by atoms with E-state index in [1.54, 1.807) is 0 Å². The summed E-state index contributed by atoms with van der Waals surface area (Å²) >= 11 is 0. The van der Waals surface area contributed by atoms with Crippen LogP contribution in [0.5, 0.6) is 0 Å². The number of esters is 1. The maximum Gasteiger partial charge on any atom is 0.306 e. The first-order chi connectivity index (χ1) is 6.46. The van der Waals surface area contributed by atoms with Crippen LogP contribution in [-0.2, 0) is 14.3 Å². The second-order valence-corrected chi connectivity index (χ2v) is 5.03. The van der Waals surface area contributed by atoms with E-state index in [9.17, 15) is 9.59 Å². The fourth-order valence-corrected chi connectivity index (χ4v) is 2.62. The Kier molecular flexibility index (Phi) is 1.95. The smallest absolute Gasteiger partial charge is 0.306 e. The van der Waals surface area contributed by atoms with E-state index in [1.807, 2.05) is 13.8 Å². The van der Waals surface area contributed by atoms with E-state index in [0.717, 1.165) is 19.3 Å². The van der Waals surface area contributed by atoms with E-state index in [2.05, 4.69) is 0 Å². The average molecular weight is 196 g/mol. The summed E-state index contributed by atoms with van der Waals surface area (Å²) in [6.07, 6.45) is 3.61. The van der Waals surface area contributed by atoms with Gasteiger partial charge in [0.15, 0.2) is 11.4 Å². The first-order valence-corrected chi connectivity index (χ1v) is 5.23. The summed E-state index contributed by atoms with van der Waals surface area (Å²) in [7, 11) is 0. The highest BCUT2D eigenvalue weighted by Gasteiger charge is 2.53. The lowest BCUT2D eigenvalue weighted by atomic mass is 9.68. The Morgan fingerprint density at radius 1 is 1.14 bits per heavy atom. The van der Waals surface area contributed by atoms with Crippen LogP contribution in [0, 0.1) is 5.41 Å². The SMILES string of the molecule is CC1(C)CCCC2(CCC(=O)O2)C1=O. The second kappa shape index (κ2) is 2.81. The molecule has 1 aliphatic heterocycles. The molecule has 1 heterocycles. The molecule has 0 N–H and O–H groups in total. The molecule has 2 fully saturated rings. The maximum atomic E-state index is 12.1. The first-order valence-electron chi connectivity index (χ1n) is 5.23. The third kappa shape index (κ3) is 1.26. The number of Topliss-reactive ketones (excluding diaryl/α,β-unsaturated/α-hetero) is 1. The van der Waals surface area contributed by atoms with Crippen molar-refractivity contribution in [3.8, 4) is 0 Å². The van der Waals surface area contributed by atoms with Crippen LogP contribution in [0.1, 0.15) is 46.0 Å². The number of hydrogen-bond acceptors (Lipinski definition) is 3. The Morgan fingerprint density at radius 3 is 2.43 bits per heavy atom. The maximum absolute atomic E-state index is 12.1. The lowest BCUT2D eigenvalue weighted by Crippen LogP contribution is -2.49. The summed E-state index contributed by atoms with van der Waals surface area (Å²) in [5.41, 5.74) is -1.07. The molecule has 14 heavy (non-hydrogen) atoms. The number of ether oxygens (including phenoxy) is 1. The molecule has 0 aromatic rings. The highest BCUT2D eigenvalue weighted by Crippen LogP contribution is 2.44. The van der Waals surface area contributed by atoms with E-state index < -0.39 is 5.60 Å². The molecule has 78 valence electrons. The Bertz CT molecular complexity index is 293. The van der Waals surface area contributed by atoms with Gasteiger partial charge in [0.05, 0.1) is 0 Å². The van der Waals surface area contributed by atoms with Crippen LogP contribution in [0.3, 0.4) is 0 Å². The normalized spacial score (nSPS) is 36.1. The van der Waals surface area contributed by atoms with Crippen molar-refractivity contribution in [2.75, 3.05) is 0 Å². The van der Waals surface area contributed by atoms with Gasteiger partial charge in [0, 0.05) is 18.3 Å². The van der Waals surface area contributed by atoms with Gasteiger partial charge in [-0.2, -0.15) is 0 Å². The molecule has 3 heteroatoms. The quantitative estimate of drug-likeness (QED) is 0.555. The van der Waals surface area contributed by atoms with E-state index in [-0.39, 0.29) is 17.2 Å². The molecule has 0 aromatic heterocycles. The van der Waals surface area contributed by atoms with E-state index in [4.69, 9.17) is 4.74 Å². The molecule has 1 atom stereocenters. The molecule has 3 nitrogen and oxygen atoms in total. The molecule has 0 amide bonds. The zero-order valence-electron chi connectivity index (χ0n) is 8.76. The van der Waals surface area contributed by atoms with Gasteiger partial charge in [0.1, 0.15) is 0 Å². The predicted molar refractivity (Wildman–Crippen MR) is 50.7 cm³/mol. The van der Waals surface area contributed by atoms with Crippen LogP contribution >= 0.6 is 0 Å². The summed E-state index contributed by atoms with van der Waals surface area (Å²) in [5.74, 6) is -0.0850. The van der Waals surface area contributed by atoms with Crippen LogP contribution in [0.2, 0.25) is 0 Å². The molecule has 2 rings (SSSR count). The van der Waals surface area contributed by atoms with Gasteiger partial charge < -0.3 is 4.74 Å². The summed E-state index contributed by atoms with van der Waals surface area (Å²) in [4.78, 5) is 23.2. The first kappa shape index (κ1) is 9.69. The summed E-state index contributed by atoms with van der Waals surface area (Å²) in [6, 6.07) is 0. The Hall–Kier alpha value is -0.860. The number of hydrogen-bond donors (Lipinski definition) is 0. The topological polar surface area (TPSA) is 43.4 Å². The van der Waals surface area contributed by atoms with Crippen molar-refractivity contribution in [1.29, 1.82) is 0 Å². The Morgan fingerprint density at radius 2 is 1.86 bits per heavy atom. The summed E-state index contributed by atoms with van der Waals surface area (Å²) in [5, 5.41) is 0. The summed E-state index contributed by atoms with van der Waals surface area (Å²) in [6.45, 7) is 3.89. The van der Waals surface area contributed by atoms with Gasteiger partial charge in [-0.05, 0) is 19.3 Å². The van der Waals surface area contributed by atoms with Gasteiger partial charge in [0.2, 0.25) is 0 Å². The van der Waals surface area contributed by atoms with Crippen LogP contribution in [-0.4, -0.2) is 17.4 Å². The van der Waals surface area contributed by atoms with Crippen molar-refractivity contribution in [2.24, 2.45) is 5.41 Å². The second-order valence-electron chi connectivity index (χ2n) is 5.03. The standard InChI is InChI=1S/C11H16O3/c1-10(2)5-3-6-11(9(10)13)7-4-8(12)14-11/h3-7H2,1-2H3. The van der Waals surface area contributed by atoms with Gasteiger partial charge in [0.25, 0.3) is 0 Å². The van der Waals surface area contributed by atoms with E-state index >= 15 is 0 Å². The molecule has 1 saturated carbocycles. The molecule has 2 aliphatic rings. The minimum absolute atomic E-state index is 0.127. The van der Waals surface area contributed by atoms with Crippen molar-refractivity contribution in [1.82, 2.24) is 0 Å². The molecule has 1 saturated heterocycles. The zero-order valence-corrected chi connectivity index (χ0v) is 8.76. The monoisotopic (exact) mass is 196 g/mol. The molecule has 1 spiro atoms. The lowest BCUT2D eigenvalue weighted by Gasteiger charge is -2.39.